The molecule has 0 amide bonds. The Hall–Kier alpha value is -2.11. The van der Waals surface area contributed by atoms with Crippen LogP contribution in [0.25, 0.3) is 16.7 Å². The maximum absolute atomic E-state index is 10.5. The summed E-state index contributed by atoms with van der Waals surface area (Å²) in [7, 11) is 0. The molecule has 0 fully saturated rings. The standard InChI is InChI=1S/C14H11O.C5H5.Fe/c1-11(10-15)13-7-8-14(9-13)12-5-3-2-4-6-12;1-2-4-5-3-1;/h2-9H,1H3;1-5H;/q-1;-5;. The average molecular weight is 316 g/mol. The Kier molecular flexibility index (Phi) is 7.21. The van der Waals surface area contributed by atoms with Crippen LogP contribution in [0.5, 0.6) is 0 Å². The minimum atomic E-state index is 0. The van der Waals surface area contributed by atoms with Gasteiger partial charge in [-0.05, 0) is 6.92 Å². The number of hydrogen-bond donors (Lipinski definition) is 0. The topological polar surface area (TPSA) is 17.1 Å². The van der Waals surface area contributed by atoms with E-state index in [0.717, 1.165) is 11.1 Å². The largest absolute Gasteiger partial charge is 0.748 e. The van der Waals surface area contributed by atoms with Gasteiger partial charge in [0, 0.05) is 23.0 Å². The molecule has 0 aromatic heterocycles. The molecular weight excluding hydrogens is 300 g/mol. The summed E-state index contributed by atoms with van der Waals surface area (Å²) in [5.74, 6) is 1.91. The number of benzene rings is 1. The second-order valence-electron chi connectivity index (χ2n) is 4.44. The molecule has 0 saturated carbocycles. The van der Waals surface area contributed by atoms with Gasteiger partial charge in [0.1, 0.15) is 0 Å². The molecule has 0 saturated heterocycles. The number of carbonyl (C=O) groups excluding carboxylic acids is 1. The van der Waals surface area contributed by atoms with Crippen LogP contribution in [-0.2, 0) is 21.9 Å². The van der Waals surface area contributed by atoms with E-state index in [0.29, 0.717) is 5.57 Å². The van der Waals surface area contributed by atoms with Gasteiger partial charge in [-0.15, -0.1) is 23.3 Å². The molecule has 0 aliphatic carbocycles. The van der Waals surface area contributed by atoms with E-state index >= 15 is 0 Å². The second kappa shape index (κ2) is 8.94. The predicted molar refractivity (Wildman–Crippen MR) is 84.3 cm³/mol. The molecular formula is C19H16FeO-6. The summed E-state index contributed by atoms with van der Waals surface area (Å²) in [6, 6.07) is 26.1. The molecule has 3 aromatic carbocycles. The molecule has 21 heavy (non-hydrogen) atoms. The summed E-state index contributed by atoms with van der Waals surface area (Å²) in [6.07, 6.45) is 0. The Labute approximate surface area is 136 Å². The average Bonchev–Trinajstić information content (AvgIpc) is 3.21. The molecule has 0 N–H and O–H groups in total. The van der Waals surface area contributed by atoms with Crippen molar-refractivity contribution in [2.75, 3.05) is 0 Å². The Bertz CT molecular complexity index is 654. The smallest absolute Gasteiger partial charge is 0.00890 e. The number of allylic oxidation sites excluding steroid dienone is 1. The van der Waals surface area contributed by atoms with Crippen molar-refractivity contribution < 1.29 is 21.9 Å². The monoisotopic (exact) mass is 316 g/mol. The summed E-state index contributed by atoms with van der Waals surface area (Å²) in [6.45, 7) is 1.77. The number of hydrogen-bond acceptors (Lipinski definition) is 1. The zero-order valence-corrected chi connectivity index (χ0v) is 12.9. The van der Waals surface area contributed by atoms with Crippen molar-refractivity contribution >= 4 is 11.5 Å². The maximum Gasteiger partial charge on any atom is 0.00890 e. The van der Waals surface area contributed by atoms with Crippen LogP contribution < -0.4 is 0 Å². The summed E-state index contributed by atoms with van der Waals surface area (Å²) in [4.78, 5) is 10.5. The first-order valence-electron chi connectivity index (χ1n) is 6.52. The molecule has 1 nitrogen and oxygen atoms in total. The van der Waals surface area contributed by atoms with Gasteiger partial charge in [0.05, 0.1) is 0 Å². The van der Waals surface area contributed by atoms with E-state index in [2.05, 4.69) is 12.1 Å². The molecule has 3 rings (SSSR count). The molecule has 0 aliphatic heterocycles. The van der Waals surface area contributed by atoms with Gasteiger partial charge in [0.2, 0.25) is 0 Å². The maximum atomic E-state index is 10.5. The van der Waals surface area contributed by atoms with Crippen LogP contribution in [0.4, 0.5) is 0 Å². The Morgan fingerprint density at radius 1 is 0.952 bits per heavy atom. The third-order valence-electron chi connectivity index (χ3n) is 3.00. The first kappa shape index (κ1) is 16.9. The molecule has 112 valence electrons. The number of rotatable bonds is 2. The van der Waals surface area contributed by atoms with Crippen LogP contribution in [0.15, 0.2) is 78.9 Å². The molecule has 0 spiro atoms. The van der Waals surface area contributed by atoms with Crippen molar-refractivity contribution in [1.29, 1.82) is 0 Å². The summed E-state index contributed by atoms with van der Waals surface area (Å²) in [5, 5.41) is 0. The Morgan fingerprint density at radius 3 is 2.05 bits per heavy atom. The van der Waals surface area contributed by atoms with Crippen molar-refractivity contribution in [3.63, 3.8) is 0 Å². The van der Waals surface area contributed by atoms with Crippen LogP contribution in [0.1, 0.15) is 12.5 Å². The molecule has 0 radical (unpaired) electrons. The fourth-order valence-corrected chi connectivity index (χ4v) is 1.87. The molecule has 0 atom stereocenters. The molecule has 3 aromatic rings. The summed E-state index contributed by atoms with van der Waals surface area (Å²) in [5.41, 5.74) is 3.91. The van der Waals surface area contributed by atoms with E-state index in [-0.39, 0.29) is 17.1 Å². The van der Waals surface area contributed by atoms with Gasteiger partial charge in [0.15, 0.2) is 0 Å². The first-order chi connectivity index (χ1) is 9.81. The predicted octanol–water partition coefficient (Wildman–Crippen LogP) is 4.71. The quantitative estimate of drug-likeness (QED) is 0.380. The van der Waals surface area contributed by atoms with E-state index < -0.39 is 0 Å². The van der Waals surface area contributed by atoms with Gasteiger partial charge in [-0.2, -0.15) is 6.07 Å². The molecule has 0 heterocycles. The third kappa shape index (κ3) is 5.06. The molecule has 0 unspecified atom stereocenters. The third-order valence-corrected chi connectivity index (χ3v) is 3.00. The summed E-state index contributed by atoms with van der Waals surface area (Å²) >= 11 is 0. The van der Waals surface area contributed by atoms with Crippen LogP contribution in [-0.4, -0.2) is 5.94 Å². The first-order valence-corrected chi connectivity index (χ1v) is 6.52. The van der Waals surface area contributed by atoms with E-state index in [1.807, 2.05) is 72.7 Å². The van der Waals surface area contributed by atoms with Crippen molar-refractivity contribution in [3.05, 3.63) is 84.4 Å². The van der Waals surface area contributed by atoms with Crippen molar-refractivity contribution in [3.8, 4) is 11.1 Å². The van der Waals surface area contributed by atoms with Gasteiger partial charge >= 0.3 is 0 Å². The minimum absolute atomic E-state index is 0. The van der Waals surface area contributed by atoms with Gasteiger partial charge in [-0.1, -0.05) is 41.5 Å². The molecule has 0 bridgehead atoms. The van der Waals surface area contributed by atoms with Gasteiger partial charge in [-0.25, -0.2) is 0 Å². The van der Waals surface area contributed by atoms with Gasteiger partial charge < -0.3 is 30.3 Å². The molecule has 2 heteroatoms. The van der Waals surface area contributed by atoms with Crippen molar-refractivity contribution in [2.45, 2.75) is 6.92 Å². The van der Waals surface area contributed by atoms with E-state index in [9.17, 15) is 4.79 Å². The Morgan fingerprint density at radius 2 is 1.52 bits per heavy atom. The van der Waals surface area contributed by atoms with E-state index in [1.54, 1.807) is 6.92 Å². The molecule has 0 aliphatic rings. The normalized spacial score (nSPS) is 8.81. The second-order valence-corrected chi connectivity index (χ2v) is 4.44. The minimum Gasteiger partial charge on any atom is -0.748 e. The van der Waals surface area contributed by atoms with Crippen LogP contribution in [0.3, 0.4) is 0 Å². The van der Waals surface area contributed by atoms with Crippen LogP contribution >= 0.6 is 0 Å². The Balaban J connectivity index is 0.000000313. The SMILES string of the molecule is CC(=C=O)[c-]1ccc(-c2ccccc2)c1.[Fe].[cH-]1[cH-][cH-][cH-][cH-]1. The van der Waals surface area contributed by atoms with Crippen LogP contribution in [0.2, 0.25) is 0 Å². The fraction of sp³-hybridized carbons (Fsp3) is 0.0526. The van der Waals surface area contributed by atoms with Gasteiger partial charge in [-0.3, -0.25) is 4.79 Å². The zero-order chi connectivity index (χ0) is 14.2. The van der Waals surface area contributed by atoms with Crippen LogP contribution in [0, 0.1) is 0 Å². The van der Waals surface area contributed by atoms with E-state index in [4.69, 9.17) is 0 Å². The summed E-state index contributed by atoms with van der Waals surface area (Å²) < 4.78 is 0. The van der Waals surface area contributed by atoms with Gasteiger partial charge in [0.25, 0.3) is 0 Å². The van der Waals surface area contributed by atoms with Crippen molar-refractivity contribution in [1.82, 2.24) is 0 Å². The van der Waals surface area contributed by atoms with E-state index in [1.165, 1.54) is 5.56 Å². The fourth-order valence-electron chi connectivity index (χ4n) is 1.87. The zero-order valence-electron chi connectivity index (χ0n) is 11.8. The van der Waals surface area contributed by atoms with Crippen molar-refractivity contribution in [2.24, 2.45) is 0 Å².